The van der Waals surface area contributed by atoms with Gasteiger partial charge in [0.15, 0.2) is 0 Å². The zero-order valence-corrected chi connectivity index (χ0v) is 16.0. The Bertz CT molecular complexity index is 494. The molecule has 2 aliphatic carbocycles. The van der Waals surface area contributed by atoms with E-state index in [1.165, 1.54) is 64.2 Å². The fraction of sp³-hybridized carbons (Fsp3) is 0.714. The Balaban J connectivity index is 1.57. The number of halogens is 1. The molecule has 2 fully saturated rings. The number of aliphatic hydroxyl groups is 1. The Morgan fingerprint density at radius 3 is 2.08 bits per heavy atom. The van der Waals surface area contributed by atoms with Crippen LogP contribution < -0.4 is 4.74 Å². The summed E-state index contributed by atoms with van der Waals surface area (Å²) in [5.74, 6) is 0.657. The first kappa shape index (κ1) is 19.0. The molecule has 0 saturated heterocycles. The first-order valence-corrected chi connectivity index (χ1v) is 10.4. The maximum atomic E-state index is 10.6. The molecule has 0 aliphatic heterocycles. The zero-order valence-electron chi connectivity index (χ0n) is 15.2. The standard InChI is InChI=1S/C21H32ClNO2/c22-20-13-7-8-14-21(20)25-16-19(24)15-23(17-9-3-1-4-10-17)18-11-5-2-6-12-18/h7-8,13-14,17-19,24H,1-6,9-12,15-16H2/t19-/m1/s1. The topological polar surface area (TPSA) is 32.7 Å². The number of nitrogens with zero attached hydrogens (tertiary/aromatic N) is 1. The van der Waals surface area contributed by atoms with Crippen molar-refractivity contribution in [3.63, 3.8) is 0 Å². The van der Waals surface area contributed by atoms with Crippen LogP contribution in [-0.2, 0) is 0 Å². The number of benzene rings is 1. The van der Waals surface area contributed by atoms with Crippen LogP contribution in [-0.4, -0.2) is 41.3 Å². The van der Waals surface area contributed by atoms with E-state index in [0.29, 0.717) is 29.5 Å². The lowest BCUT2D eigenvalue weighted by Gasteiger charge is -2.42. The fourth-order valence-corrected chi connectivity index (χ4v) is 4.66. The molecule has 4 heteroatoms. The second-order valence-electron chi connectivity index (χ2n) is 7.68. The van der Waals surface area contributed by atoms with Gasteiger partial charge in [-0.3, -0.25) is 4.90 Å². The number of para-hydroxylation sites is 1. The van der Waals surface area contributed by atoms with Gasteiger partial charge in [0.1, 0.15) is 18.5 Å². The van der Waals surface area contributed by atoms with E-state index in [1.54, 1.807) is 0 Å². The van der Waals surface area contributed by atoms with Crippen molar-refractivity contribution in [3.05, 3.63) is 29.3 Å². The number of aliphatic hydroxyl groups excluding tert-OH is 1. The number of hydrogen-bond donors (Lipinski definition) is 1. The largest absolute Gasteiger partial charge is 0.489 e. The molecule has 0 heterocycles. The third kappa shape index (κ3) is 5.60. The lowest BCUT2D eigenvalue weighted by Crippen LogP contribution is -2.49. The molecule has 2 aliphatic rings. The van der Waals surface area contributed by atoms with Crippen molar-refractivity contribution in [2.45, 2.75) is 82.4 Å². The summed E-state index contributed by atoms with van der Waals surface area (Å²) in [6.07, 6.45) is 12.7. The molecular weight excluding hydrogens is 334 g/mol. The van der Waals surface area contributed by atoms with E-state index < -0.39 is 6.10 Å². The molecule has 0 aromatic heterocycles. The molecule has 3 nitrogen and oxygen atoms in total. The average molecular weight is 366 g/mol. The molecular formula is C21H32ClNO2. The predicted octanol–water partition coefficient (Wildman–Crippen LogP) is 5.05. The van der Waals surface area contributed by atoms with Gasteiger partial charge in [-0.1, -0.05) is 62.3 Å². The summed E-state index contributed by atoms with van der Waals surface area (Å²) in [7, 11) is 0. The summed E-state index contributed by atoms with van der Waals surface area (Å²) in [6, 6.07) is 8.76. The van der Waals surface area contributed by atoms with Crippen LogP contribution in [0.1, 0.15) is 64.2 Å². The van der Waals surface area contributed by atoms with Gasteiger partial charge in [0.05, 0.1) is 5.02 Å². The molecule has 2 saturated carbocycles. The Labute approximate surface area is 157 Å². The van der Waals surface area contributed by atoms with Crippen LogP contribution in [0.4, 0.5) is 0 Å². The highest BCUT2D eigenvalue weighted by atomic mass is 35.5. The average Bonchev–Trinajstić information content (AvgIpc) is 2.67. The van der Waals surface area contributed by atoms with Crippen LogP contribution in [0.3, 0.4) is 0 Å². The van der Waals surface area contributed by atoms with Crippen LogP contribution in [0.15, 0.2) is 24.3 Å². The van der Waals surface area contributed by atoms with E-state index in [2.05, 4.69) is 4.90 Å². The molecule has 0 bridgehead atoms. The third-order valence-corrected chi connectivity index (χ3v) is 6.09. The van der Waals surface area contributed by atoms with Crippen LogP contribution in [0.25, 0.3) is 0 Å². The highest BCUT2D eigenvalue weighted by Gasteiger charge is 2.30. The van der Waals surface area contributed by atoms with E-state index >= 15 is 0 Å². The van der Waals surface area contributed by atoms with E-state index in [-0.39, 0.29) is 0 Å². The van der Waals surface area contributed by atoms with E-state index in [9.17, 15) is 5.11 Å². The molecule has 0 spiro atoms. The Kier molecular flexibility index (Phi) is 7.45. The Morgan fingerprint density at radius 1 is 0.960 bits per heavy atom. The summed E-state index contributed by atoms with van der Waals surface area (Å²) in [4.78, 5) is 2.62. The summed E-state index contributed by atoms with van der Waals surface area (Å²) in [5.41, 5.74) is 0. The van der Waals surface area contributed by atoms with Crippen molar-refractivity contribution in [2.24, 2.45) is 0 Å². The fourth-order valence-electron chi connectivity index (χ4n) is 4.47. The van der Waals surface area contributed by atoms with Crippen molar-refractivity contribution in [1.82, 2.24) is 4.90 Å². The molecule has 1 aromatic rings. The number of rotatable bonds is 7. The molecule has 1 atom stereocenters. The monoisotopic (exact) mass is 365 g/mol. The lowest BCUT2D eigenvalue weighted by atomic mass is 9.88. The minimum atomic E-state index is -0.472. The van der Waals surface area contributed by atoms with Gasteiger partial charge >= 0.3 is 0 Å². The molecule has 0 radical (unpaired) electrons. The van der Waals surface area contributed by atoms with Crippen LogP contribution in [0, 0.1) is 0 Å². The first-order valence-electron chi connectivity index (χ1n) is 10.0. The Morgan fingerprint density at radius 2 is 1.52 bits per heavy atom. The van der Waals surface area contributed by atoms with Gasteiger partial charge < -0.3 is 9.84 Å². The van der Waals surface area contributed by atoms with Gasteiger partial charge in [0.2, 0.25) is 0 Å². The van der Waals surface area contributed by atoms with Gasteiger partial charge in [-0.2, -0.15) is 0 Å². The Hall–Kier alpha value is -0.770. The van der Waals surface area contributed by atoms with Crippen molar-refractivity contribution in [2.75, 3.05) is 13.2 Å². The van der Waals surface area contributed by atoms with E-state index in [1.807, 2.05) is 24.3 Å². The quantitative estimate of drug-likeness (QED) is 0.734. The summed E-state index contributed by atoms with van der Waals surface area (Å²) in [5, 5.41) is 11.2. The SMILES string of the molecule is O[C@@H](COc1ccccc1Cl)CN(C1CCCCC1)C1CCCCC1. The van der Waals surface area contributed by atoms with Crippen molar-refractivity contribution >= 4 is 11.6 Å². The maximum Gasteiger partial charge on any atom is 0.138 e. The van der Waals surface area contributed by atoms with E-state index in [4.69, 9.17) is 16.3 Å². The molecule has 1 N–H and O–H groups in total. The molecule has 140 valence electrons. The minimum Gasteiger partial charge on any atom is -0.489 e. The predicted molar refractivity (Wildman–Crippen MR) is 103 cm³/mol. The molecule has 0 unspecified atom stereocenters. The second kappa shape index (κ2) is 9.80. The molecule has 0 amide bonds. The molecule has 1 aromatic carbocycles. The van der Waals surface area contributed by atoms with Crippen LogP contribution in [0.2, 0.25) is 5.02 Å². The molecule has 25 heavy (non-hydrogen) atoms. The van der Waals surface area contributed by atoms with Crippen LogP contribution >= 0.6 is 11.6 Å². The van der Waals surface area contributed by atoms with Gasteiger partial charge in [-0.15, -0.1) is 0 Å². The zero-order chi connectivity index (χ0) is 17.5. The smallest absolute Gasteiger partial charge is 0.138 e. The van der Waals surface area contributed by atoms with Crippen LogP contribution in [0.5, 0.6) is 5.75 Å². The summed E-state index contributed by atoms with van der Waals surface area (Å²) >= 11 is 6.14. The lowest BCUT2D eigenvalue weighted by molar-refractivity contribution is 0.0118. The number of ether oxygens (including phenoxy) is 1. The van der Waals surface area contributed by atoms with Gasteiger partial charge in [0, 0.05) is 18.6 Å². The van der Waals surface area contributed by atoms with Crippen molar-refractivity contribution in [1.29, 1.82) is 0 Å². The highest BCUT2D eigenvalue weighted by Crippen LogP contribution is 2.30. The third-order valence-electron chi connectivity index (χ3n) is 5.78. The maximum absolute atomic E-state index is 10.6. The normalized spacial score (nSPS) is 21.4. The van der Waals surface area contributed by atoms with Gasteiger partial charge in [0.25, 0.3) is 0 Å². The van der Waals surface area contributed by atoms with Gasteiger partial charge in [-0.05, 0) is 37.8 Å². The second-order valence-corrected chi connectivity index (χ2v) is 8.08. The number of hydrogen-bond acceptors (Lipinski definition) is 3. The van der Waals surface area contributed by atoms with Crippen molar-refractivity contribution < 1.29 is 9.84 Å². The van der Waals surface area contributed by atoms with E-state index in [0.717, 1.165) is 6.54 Å². The first-order chi connectivity index (χ1) is 12.2. The summed E-state index contributed by atoms with van der Waals surface area (Å²) in [6.45, 7) is 1.03. The van der Waals surface area contributed by atoms with Gasteiger partial charge in [-0.25, -0.2) is 0 Å². The highest BCUT2D eigenvalue weighted by molar-refractivity contribution is 6.32. The minimum absolute atomic E-state index is 0.305. The van der Waals surface area contributed by atoms with Crippen molar-refractivity contribution in [3.8, 4) is 5.75 Å². The molecule has 3 rings (SSSR count). The summed E-state index contributed by atoms with van der Waals surface area (Å²) < 4.78 is 5.77.